The van der Waals surface area contributed by atoms with Crippen molar-refractivity contribution in [3.63, 3.8) is 0 Å². The lowest BCUT2D eigenvalue weighted by Gasteiger charge is -2.40. The minimum absolute atomic E-state index is 0.0199. The molecule has 1 heterocycles. The summed E-state index contributed by atoms with van der Waals surface area (Å²) < 4.78 is 5.14. The van der Waals surface area contributed by atoms with Crippen molar-refractivity contribution < 1.29 is 9.84 Å². The van der Waals surface area contributed by atoms with E-state index >= 15 is 0 Å². The smallest absolute Gasteiger partial charge is 0.0579 e. The van der Waals surface area contributed by atoms with E-state index in [1.54, 1.807) is 0 Å². The SMILES string of the molecule is CCC(CC)CNCC1(CO)COC1. The van der Waals surface area contributed by atoms with Crippen LogP contribution >= 0.6 is 0 Å². The molecule has 1 fully saturated rings. The molecule has 14 heavy (non-hydrogen) atoms. The predicted octanol–water partition coefficient (Wildman–Crippen LogP) is 1.02. The predicted molar refractivity (Wildman–Crippen MR) is 57.3 cm³/mol. The second kappa shape index (κ2) is 5.69. The molecule has 3 heteroatoms. The fourth-order valence-corrected chi connectivity index (χ4v) is 1.76. The minimum atomic E-state index is 0.0199. The van der Waals surface area contributed by atoms with Crippen molar-refractivity contribution in [2.45, 2.75) is 26.7 Å². The van der Waals surface area contributed by atoms with E-state index in [-0.39, 0.29) is 12.0 Å². The van der Waals surface area contributed by atoms with Crippen molar-refractivity contribution in [1.29, 1.82) is 0 Å². The highest BCUT2D eigenvalue weighted by atomic mass is 16.5. The maximum absolute atomic E-state index is 9.20. The van der Waals surface area contributed by atoms with Crippen LogP contribution < -0.4 is 5.32 Å². The van der Waals surface area contributed by atoms with Gasteiger partial charge in [0.25, 0.3) is 0 Å². The molecule has 0 saturated carbocycles. The molecule has 1 rings (SSSR count). The van der Waals surface area contributed by atoms with Crippen LogP contribution in [0.5, 0.6) is 0 Å². The van der Waals surface area contributed by atoms with E-state index in [2.05, 4.69) is 19.2 Å². The summed E-state index contributed by atoms with van der Waals surface area (Å²) in [6, 6.07) is 0. The normalized spacial score (nSPS) is 19.7. The topological polar surface area (TPSA) is 41.5 Å². The van der Waals surface area contributed by atoms with Gasteiger partial charge in [-0.25, -0.2) is 0 Å². The monoisotopic (exact) mass is 201 g/mol. The molecule has 0 spiro atoms. The van der Waals surface area contributed by atoms with E-state index < -0.39 is 0 Å². The van der Waals surface area contributed by atoms with Crippen molar-refractivity contribution >= 4 is 0 Å². The lowest BCUT2D eigenvalue weighted by molar-refractivity contribution is -0.134. The van der Waals surface area contributed by atoms with Crippen molar-refractivity contribution in [1.82, 2.24) is 5.32 Å². The molecular formula is C11H23NO2. The summed E-state index contributed by atoms with van der Waals surface area (Å²) in [6.45, 7) is 8.06. The van der Waals surface area contributed by atoms with Gasteiger partial charge in [0.2, 0.25) is 0 Å². The van der Waals surface area contributed by atoms with Gasteiger partial charge in [-0.05, 0) is 12.5 Å². The Balaban J connectivity index is 2.13. The first kappa shape index (κ1) is 12.0. The molecule has 1 saturated heterocycles. The van der Waals surface area contributed by atoms with Crippen LogP contribution in [-0.2, 0) is 4.74 Å². The van der Waals surface area contributed by atoms with Gasteiger partial charge in [-0.15, -0.1) is 0 Å². The summed E-state index contributed by atoms with van der Waals surface area (Å²) in [5, 5.41) is 12.6. The first-order valence-corrected chi connectivity index (χ1v) is 5.65. The summed E-state index contributed by atoms with van der Waals surface area (Å²) in [5.74, 6) is 0.770. The molecular weight excluding hydrogens is 178 g/mol. The van der Waals surface area contributed by atoms with Gasteiger partial charge < -0.3 is 15.2 Å². The molecule has 0 aromatic rings. The number of aliphatic hydroxyl groups is 1. The van der Waals surface area contributed by atoms with Crippen molar-refractivity contribution in [3.05, 3.63) is 0 Å². The molecule has 0 atom stereocenters. The highest BCUT2D eigenvalue weighted by Gasteiger charge is 2.37. The summed E-state index contributed by atoms with van der Waals surface area (Å²) in [5.41, 5.74) is 0.0199. The molecule has 0 aromatic heterocycles. The van der Waals surface area contributed by atoms with Gasteiger partial charge in [0, 0.05) is 6.54 Å². The Morgan fingerprint density at radius 2 is 2.00 bits per heavy atom. The zero-order valence-corrected chi connectivity index (χ0v) is 9.38. The van der Waals surface area contributed by atoms with E-state index in [0.717, 1.165) is 19.0 Å². The van der Waals surface area contributed by atoms with Crippen LogP contribution in [0.4, 0.5) is 0 Å². The summed E-state index contributed by atoms with van der Waals surface area (Å²) in [7, 11) is 0. The van der Waals surface area contributed by atoms with Crippen LogP contribution in [0.15, 0.2) is 0 Å². The molecule has 0 bridgehead atoms. The number of hydrogen-bond acceptors (Lipinski definition) is 3. The van der Waals surface area contributed by atoms with Crippen LogP contribution in [0.2, 0.25) is 0 Å². The Labute approximate surface area is 86.8 Å². The first-order valence-electron chi connectivity index (χ1n) is 5.65. The van der Waals surface area contributed by atoms with Gasteiger partial charge in [0.15, 0.2) is 0 Å². The van der Waals surface area contributed by atoms with Gasteiger partial charge in [0.05, 0.1) is 25.2 Å². The lowest BCUT2D eigenvalue weighted by atomic mass is 9.87. The van der Waals surface area contributed by atoms with E-state index in [0.29, 0.717) is 13.2 Å². The van der Waals surface area contributed by atoms with Gasteiger partial charge >= 0.3 is 0 Å². The number of hydrogen-bond donors (Lipinski definition) is 2. The number of nitrogens with one attached hydrogen (secondary N) is 1. The average molecular weight is 201 g/mol. The second-order valence-electron chi connectivity index (χ2n) is 4.46. The highest BCUT2D eigenvalue weighted by Crippen LogP contribution is 2.25. The molecule has 2 N–H and O–H groups in total. The van der Waals surface area contributed by atoms with Crippen LogP contribution in [0.25, 0.3) is 0 Å². The standard InChI is InChI=1S/C11H23NO2/c1-3-10(4-2)5-12-6-11(7-13)8-14-9-11/h10,12-13H,3-9H2,1-2H3. The second-order valence-corrected chi connectivity index (χ2v) is 4.46. The Kier molecular flexibility index (Phi) is 4.85. The summed E-state index contributed by atoms with van der Waals surface area (Å²) in [4.78, 5) is 0. The van der Waals surface area contributed by atoms with Gasteiger partial charge in [-0.3, -0.25) is 0 Å². The zero-order valence-electron chi connectivity index (χ0n) is 9.38. The van der Waals surface area contributed by atoms with Gasteiger partial charge in [-0.1, -0.05) is 26.7 Å². The molecule has 0 aromatic carbocycles. The van der Waals surface area contributed by atoms with E-state index in [1.165, 1.54) is 12.8 Å². The third-order valence-electron chi connectivity index (χ3n) is 3.24. The highest BCUT2D eigenvalue weighted by molar-refractivity contribution is 4.87. The first-order chi connectivity index (χ1) is 6.76. The quantitative estimate of drug-likeness (QED) is 0.646. The lowest BCUT2D eigenvalue weighted by Crippen LogP contribution is -2.52. The van der Waals surface area contributed by atoms with E-state index in [4.69, 9.17) is 4.74 Å². The third-order valence-corrected chi connectivity index (χ3v) is 3.24. The van der Waals surface area contributed by atoms with E-state index in [1.807, 2.05) is 0 Å². The number of ether oxygens (including phenoxy) is 1. The molecule has 0 aliphatic carbocycles. The van der Waals surface area contributed by atoms with E-state index in [9.17, 15) is 5.11 Å². The van der Waals surface area contributed by atoms with Crippen LogP contribution in [0.1, 0.15) is 26.7 Å². The molecule has 3 nitrogen and oxygen atoms in total. The molecule has 1 aliphatic heterocycles. The maximum Gasteiger partial charge on any atom is 0.0579 e. The number of rotatable bonds is 7. The molecule has 1 aliphatic rings. The molecule has 84 valence electrons. The fourth-order valence-electron chi connectivity index (χ4n) is 1.76. The van der Waals surface area contributed by atoms with Gasteiger partial charge in [0.1, 0.15) is 0 Å². The zero-order chi connectivity index (χ0) is 10.4. The van der Waals surface area contributed by atoms with Gasteiger partial charge in [-0.2, -0.15) is 0 Å². The van der Waals surface area contributed by atoms with Crippen molar-refractivity contribution in [2.75, 3.05) is 32.9 Å². The largest absolute Gasteiger partial charge is 0.396 e. The summed E-state index contributed by atoms with van der Waals surface area (Å²) in [6.07, 6.45) is 2.46. The van der Waals surface area contributed by atoms with Crippen LogP contribution in [0, 0.1) is 11.3 Å². The Bertz CT molecular complexity index is 148. The Morgan fingerprint density at radius 1 is 1.36 bits per heavy atom. The fraction of sp³-hybridized carbons (Fsp3) is 1.00. The Hall–Kier alpha value is -0.120. The third kappa shape index (κ3) is 2.94. The molecule has 0 radical (unpaired) electrons. The van der Waals surface area contributed by atoms with Crippen molar-refractivity contribution in [3.8, 4) is 0 Å². The van der Waals surface area contributed by atoms with Crippen LogP contribution in [-0.4, -0.2) is 38.0 Å². The van der Waals surface area contributed by atoms with Crippen molar-refractivity contribution in [2.24, 2.45) is 11.3 Å². The Morgan fingerprint density at radius 3 is 2.36 bits per heavy atom. The molecule has 0 unspecified atom stereocenters. The average Bonchev–Trinajstić information content (AvgIpc) is 2.16. The molecule has 0 amide bonds. The summed E-state index contributed by atoms with van der Waals surface area (Å²) >= 11 is 0. The van der Waals surface area contributed by atoms with Crippen LogP contribution in [0.3, 0.4) is 0 Å². The minimum Gasteiger partial charge on any atom is -0.396 e. The number of aliphatic hydroxyl groups excluding tert-OH is 1. The maximum atomic E-state index is 9.20.